The van der Waals surface area contributed by atoms with E-state index in [1.165, 1.54) is 22.6 Å². The number of nitrogen functional groups attached to an aromatic ring is 1. The summed E-state index contributed by atoms with van der Waals surface area (Å²) in [4.78, 5) is 6.02. The van der Waals surface area contributed by atoms with E-state index in [9.17, 15) is 8.42 Å². The zero-order valence-electron chi connectivity index (χ0n) is 12.8. The average Bonchev–Trinajstić information content (AvgIpc) is 2.42. The Kier molecular flexibility index (Phi) is 7.03. The molecule has 7 nitrogen and oxygen atoms in total. The lowest BCUT2D eigenvalue weighted by atomic mass is 10.4. The third kappa shape index (κ3) is 5.58. The topological polar surface area (TPSA) is 88.8 Å². The maximum Gasteiger partial charge on any atom is 0.244 e. The van der Waals surface area contributed by atoms with Gasteiger partial charge >= 0.3 is 0 Å². The number of aromatic nitrogens is 1. The molecule has 120 valence electrons. The van der Waals surface area contributed by atoms with Crippen molar-refractivity contribution in [3.63, 3.8) is 0 Å². The van der Waals surface area contributed by atoms with Gasteiger partial charge in [0.15, 0.2) is 0 Å². The summed E-state index contributed by atoms with van der Waals surface area (Å²) < 4.78 is 31.6. The fraction of sp³-hybridized carbons (Fsp3) is 0.615. The molecule has 8 heteroatoms. The molecule has 0 unspecified atom stereocenters. The lowest BCUT2D eigenvalue weighted by molar-refractivity contribution is 0.177. The molecule has 0 saturated heterocycles. The minimum Gasteiger partial charge on any atom is -0.384 e. The summed E-state index contributed by atoms with van der Waals surface area (Å²) >= 11 is 0. The van der Waals surface area contributed by atoms with Gasteiger partial charge < -0.3 is 15.4 Å². The van der Waals surface area contributed by atoms with E-state index >= 15 is 0 Å². The standard InChI is InChI=1S/C13H24N4O3S/c1-16(2)7-4-8-17(9-10-20-3)21(18,19)12-5-6-13(14)15-11-12/h5-6,11H,4,7-10H2,1-3H3,(H2,14,15). The minimum atomic E-state index is -3.57. The smallest absolute Gasteiger partial charge is 0.244 e. The van der Waals surface area contributed by atoms with E-state index in [0.29, 0.717) is 25.5 Å². The Balaban J connectivity index is 2.86. The Morgan fingerprint density at radius 1 is 1.24 bits per heavy atom. The molecule has 0 amide bonds. The van der Waals surface area contributed by atoms with Crippen molar-refractivity contribution in [1.29, 1.82) is 0 Å². The summed E-state index contributed by atoms with van der Waals surface area (Å²) in [5.41, 5.74) is 5.49. The van der Waals surface area contributed by atoms with Crippen LogP contribution in [0.3, 0.4) is 0 Å². The highest BCUT2D eigenvalue weighted by molar-refractivity contribution is 7.89. The fourth-order valence-electron chi connectivity index (χ4n) is 1.80. The van der Waals surface area contributed by atoms with Crippen LogP contribution in [0.5, 0.6) is 0 Å². The van der Waals surface area contributed by atoms with Gasteiger partial charge in [-0.25, -0.2) is 13.4 Å². The quantitative estimate of drug-likeness (QED) is 0.702. The minimum absolute atomic E-state index is 0.151. The number of pyridine rings is 1. The molecule has 0 aliphatic rings. The maximum absolute atomic E-state index is 12.6. The van der Waals surface area contributed by atoms with E-state index in [4.69, 9.17) is 10.5 Å². The third-order valence-electron chi connectivity index (χ3n) is 2.95. The normalized spacial score (nSPS) is 12.2. The number of ether oxygens (including phenoxy) is 1. The van der Waals surface area contributed by atoms with Crippen molar-refractivity contribution >= 4 is 15.8 Å². The number of hydrogen-bond donors (Lipinski definition) is 1. The molecule has 0 aromatic carbocycles. The Morgan fingerprint density at radius 2 is 1.95 bits per heavy atom. The zero-order chi connectivity index (χ0) is 15.9. The molecule has 0 aliphatic carbocycles. The van der Waals surface area contributed by atoms with Crippen molar-refractivity contribution in [2.75, 3.05) is 53.2 Å². The molecule has 1 rings (SSSR count). The summed E-state index contributed by atoms with van der Waals surface area (Å²) in [7, 11) is 1.89. The average molecular weight is 316 g/mol. The van der Waals surface area contributed by atoms with Crippen molar-refractivity contribution in [3.8, 4) is 0 Å². The first kappa shape index (κ1) is 17.8. The first-order valence-corrected chi connectivity index (χ1v) is 8.17. The fourth-order valence-corrected chi connectivity index (χ4v) is 3.21. The Morgan fingerprint density at radius 3 is 2.48 bits per heavy atom. The molecule has 0 spiro atoms. The summed E-state index contributed by atoms with van der Waals surface area (Å²) in [6, 6.07) is 2.96. The van der Waals surface area contributed by atoms with Crippen LogP contribution in [0.15, 0.2) is 23.2 Å². The Hall–Kier alpha value is -1.22. The van der Waals surface area contributed by atoms with Crippen molar-refractivity contribution in [2.45, 2.75) is 11.3 Å². The molecule has 0 fully saturated rings. The number of rotatable bonds is 9. The van der Waals surface area contributed by atoms with Crippen LogP contribution in [0.4, 0.5) is 5.82 Å². The molecule has 1 heterocycles. The predicted octanol–water partition coefficient (Wildman–Crippen LogP) is 0.253. The Bertz CT molecular complexity index is 517. The first-order valence-electron chi connectivity index (χ1n) is 6.73. The predicted molar refractivity (Wildman–Crippen MR) is 82.5 cm³/mol. The molecule has 0 radical (unpaired) electrons. The van der Waals surface area contributed by atoms with E-state index in [-0.39, 0.29) is 4.90 Å². The highest BCUT2D eigenvalue weighted by Gasteiger charge is 2.24. The first-order chi connectivity index (χ1) is 9.87. The monoisotopic (exact) mass is 316 g/mol. The van der Waals surface area contributed by atoms with Crippen LogP contribution >= 0.6 is 0 Å². The van der Waals surface area contributed by atoms with Gasteiger partial charge in [-0.05, 0) is 39.2 Å². The molecule has 0 bridgehead atoms. The summed E-state index contributed by atoms with van der Waals surface area (Å²) in [6.45, 7) is 1.92. The number of hydrogen-bond acceptors (Lipinski definition) is 6. The van der Waals surface area contributed by atoms with E-state index in [1.54, 1.807) is 7.11 Å². The van der Waals surface area contributed by atoms with Crippen molar-refractivity contribution in [3.05, 3.63) is 18.3 Å². The molecule has 2 N–H and O–H groups in total. The summed E-state index contributed by atoms with van der Waals surface area (Å²) in [5, 5.41) is 0. The van der Waals surface area contributed by atoms with Gasteiger partial charge in [0.2, 0.25) is 10.0 Å². The van der Waals surface area contributed by atoms with Crippen LogP contribution in [0.25, 0.3) is 0 Å². The second-order valence-electron chi connectivity index (χ2n) is 4.97. The van der Waals surface area contributed by atoms with E-state index in [2.05, 4.69) is 4.98 Å². The highest BCUT2D eigenvalue weighted by atomic mass is 32.2. The SMILES string of the molecule is COCCN(CCCN(C)C)S(=O)(=O)c1ccc(N)nc1. The van der Waals surface area contributed by atoms with Gasteiger partial charge in [0, 0.05) is 26.4 Å². The van der Waals surface area contributed by atoms with Gasteiger partial charge in [0.1, 0.15) is 10.7 Å². The van der Waals surface area contributed by atoms with Crippen LogP contribution in [-0.2, 0) is 14.8 Å². The highest BCUT2D eigenvalue weighted by Crippen LogP contribution is 2.15. The number of methoxy groups -OCH3 is 1. The van der Waals surface area contributed by atoms with Crippen molar-refractivity contribution in [2.24, 2.45) is 0 Å². The molecule has 21 heavy (non-hydrogen) atoms. The summed E-state index contributed by atoms with van der Waals surface area (Å²) in [6.07, 6.45) is 2.04. The molecule has 0 saturated carbocycles. The van der Waals surface area contributed by atoms with Crippen molar-refractivity contribution in [1.82, 2.24) is 14.2 Å². The molecule has 1 aromatic rings. The molecular formula is C13H24N4O3S. The van der Waals surface area contributed by atoms with Gasteiger partial charge in [0.25, 0.3) is 0 Å². The largest absolute Gasteiger partial charge is 0.384 e. The van der Waals surface area contributed by atoms with Gasteiger partial charge in [-0.1, -0.05) is 0 Å². The van der Waals surface area contributed by atoms with Crippen LogP contribution in [-0.4, -0.2) is 70.1 Å². The number of anilines is 1. The maximum atomic E-state index is 12.6. The molecular weight excluding hydrogens is 292 g/mol. The van der Waals surface area contributed by atoms with Crippen LogP contribution in [0, 0.1) is 0 Å². The van der Waals surface area contributed by atoms with Crippen molar-refractivity contribution < 1.29 is 13.2 Å². The van der Waals surface area contributed by atoms with Gasteiger partial charge in [-0.2, -0.15) is 4.31 Å². The Labute approximate surface area is 126 Å². The number of sulfonamides is 1. The van der Waals surface area contributed by atoms with E-state index in [0.717, 1.165) is 13.0 Å². The lowest BCUT2D eigenvalue weighted by Crippen LogP contribution is -2.36. The van der Waals surface area contributed by atoms with Gasteiger partial charge in [-0.15, -0.1) is 0 Å². The number of nitrogens with two attached hydrogens (primary N) is 1. The van der Waals surface area contributed by atoms with E-state index < -0.39 is 10.0 Å². The third-order valence-corrected chi connectivity index (χ3v) is 4.84. The van der Waals surface area contributed by atoms with Crippen LogP contribution in [0.1, 0.15) is 6.42 Å². The second kappa shape index (κ2) is 8.28. The molecule has 0 aliphatic heterocycles. The lowest BCUT2D eigenvalue weighted by Gasteiger charge is -2.22. The second-order valence-corrected chi connectivity index (χ2v) is 6.91. The summed E-state index contributed by atoms with van der Waals surface area (Å²) in [5.74, 6) is 0.296. The van der Waals surface area contributed by atoms with Crippen LogP contribution in [0.2, 0.25) is 0 Å². The van der Waals surface area contributed by atoms with Gasteiger partial charge in [0.05, 0.1) is 6.61 Å². The zero-order valence-corrected chi connectivity index (χ0v) is 13.6. The van der Waals surface area contributed by atoms with E-state index in [1.807, 2.05) is 19.0 Å². The molecule has 0 atom stereocenters. The number of nitrogens with zero attached hydrogens (tertiary/aromatic N) is 3. The van der Waals surface area contributed by atoms with Crippen LogP contribution < -0.4 is 5.73 Å². The molecule has 1 aromatic heterocycles. The van der Waals surface area contributed by atoms with Gasteiger partial charge in [-0.3, -0.25) is 0 Å².